The number of aliphatic carboxylic acids is 2. The van der Waals surface area contributed by atoms with Crippen LogP contribution in [0, 0.1) is 50.2 Å². The number of nitrogens with one attached hydrogen (secondary N) is 2. The van der Waals surface area contributed by atoms with Crippen molar-refractivity contribution in [3.05, 3.63) is 11.6 Å². The van der Waals surface area contributed by atoms with Gasteiger partial charge in [0.15, 0.2) is 0 Å². The number of carbonyl (C=O) groups excluding carboxylic acids is 3. The second kappa shape index (κ2) is 15.6. The van der Waals surface area contributed by atoms with Gasteiger partial charge in [0, 0.05) is 31.2 Å². The molecule has 4 fully saturated rings. The van der Waals surface area contributed by atoms with Crippen LogP contribution >= 0.6 is 0 Å². The molecule has 0 saturated heterocycles. The van der Waals surface area contributed by atoms with Crippen molar-refractivity contribution in [3.8, 4) is 0 Å². The fourth-order valence-corrected chi connectivity index (χ4v) is 12.8. The number of carboxylic acids is 2. The van der Waals surface area contributed by atoms with E-state index in [0.29, 0.717) is 31.2 Å². The molecule has 0 bridgehead atoms. The first-order valence-corrected chi connectivity index (χ1v) is 21.1. The number of hydrogen-bond acceptors (Lipinski definition) is 6. The summed E-state index contributed by atoms with van der Waals surface area (Å²) in [4.78, 5) is 61.3. The van der Waals surface area contributed by atoms with Gasteiger partial charge in [0.1, 0.15) is 12.1 Å². The van der Waals surface area contributed by atoms with Gasteiger partial charge in [-0.1, -0.05) is 66.5 Å². The molecule has 2 amide bonds. The summed E-state index contributed by atoms with van der Waals surface area (Å²) in [6, 6.07) is -0.900. The highest BCUT2D eigenvalue weighted by atomic mass is 16.5. The molecule has 5 rings (SSSR count). The third-order valence-electron chi connectivity index (χ3n) is 16.2. The van der Waals surface area contributed by atoms with Gasteiger partial charge in [0.25, 0.3) is 0 Å². The lowest BCUT2D eigenvalue weighted by atomic mass is 9.33. The van der Waals surface area contributed by atoms with Crippen molar-refractivity contribution in [2.45, 2.75) is 177 Å². The number of fused-ring (bicyclic) bond motifs is 7. The first-order valence-electron chi connectivity index (χ1n) is 21.1. The van der Waals surface area contributed by atoms with Crippen LogP contribution in [0.5, 0.6) is 0 Å². The standard InChI is InChI=1S/C44H70N2O8/c1-28(37(51)52)46-34(47)13-10-9-11-26-45-38(53)44-24-22-39(2,3)27-30(44)29-16-17-32-41(6)20-19-33(54-36(50)15-12-14-35(48)49)40(4,5)31(41)18-21-43(32,8)42(29,7)23-25-44/h16,28,30-33H,9-15,17-27H2,1-8H3,(H,45,53)(H,46,47)(H,48,49)(H,51,52)/t28-,30-,31-,32+,33-,41-,42+,43+,44-/m0/s1. The van der Waals surface area contributed by atoms with E-state index in [1.54, 1.807) is 0 Å². The third-order valence-corrected chi connectivity index (χ3v) is 16.2. The Kier molecular flexibility index (Phi) is 12.2. The Labute approximate surface area is 323 Å². The minimum absolute atomic E-state index is 0.0118. The lowest BCUT2D eigenvalue weighted by molar-refractivity contribution is -0.213. The number of allylic oxidation sites excluding steroid dienone is 2. The van der Waals surface area contributed by atoms with Crippen molar-refractivity contribution in [2.24, 2.45) is 50.2 Å². The quantitative estimate of drug-likeness (QED) is 0.0785. The molecule has 54 heavy (non-hydrogen) atoms. The number of hydrogen-bond donors (Lipinski definition) is 4. The zero-order valence-corrected chi connectivity index (χ0v) is 34.5. The lowest BCUT2D eigenvalue weighted by Gasteiger charge is -2.71. The molecule has 10 nitrogen and oxygen atoms in total. The number of carboxylic acid groups (broad SMARTS) is 2. The van der Waals surface area contributed by atoms with E-state index in [0.717, 1.165) is 77.0 Å². The van der Waals surface area contributed by atoms with E-state index in [4.69, 9.17) is 14.9 Å². The summed E-state index contributed by atoms with van der Waals surface area (Å²) >= 11 is 0. The molecule has 0 aromatic rings. The second-order valence-corrected chi connectivity index (χ2v) is 20.2. The van der Waals surface area contributed by atoms with Crippen LogP contribution in [0.25, 0.3) is 0 Å². The maximum Gasteiger partial charge on any atom is 0.325 e. The van der Waals surface area contributed by atoms with E-state index in [2.05, 4.69) is 65.2 Å². The topological polar surface area (TPSA) is 159 Å². The average molecular weight is 755 g/mol. The summed E-state index contributed by atoms with van der Waals surface area (Å²) in [5, 5.41) is 23.9. The number of esters is 1. The first-order chi connectivity index (χ1) is 25.1. The molecule has 5 aliphatic rings. The highest BCUT2D eigenvalue weighted by molar-refractivity contribution is 5.84. The van der Waals surface area contributed by atoms with Crippen LogP contribution in [0.15, 0.2) is 11.6 Å². The van der Waals surface area contributed by atoms with Crippen molar-refractivity contribution < 1.29 is 38.9 Å². The lowest BCUT2D eigenvalue weighted by Crippen LogP contribution is -2.65. The zero-order valence-electron chi connectivity index (χ0n) is 34.5. The van der Waals surface area contributed by atoms with Crippen LogP contribution in [0.4, 0.5) is 0 Å². The Morgan fingerprint density at radius 3 is 2.20 bits per heavy atom. The minimum atomic E-state index is -1.05. The molecule has 0 unspecified atom stereocenters. The van der Waals surface area contributed by atoms with E-state index in [9.17, 15) is 24.0 Å². The van der Waals surface area contributed by atoms with Crippen LogP contribution in [-0.4, -0.2) is 58.6 Å². The molecule has 4 N–H and O–H groups in total. The Morgan fingerprint density at radius 1 is 0.815 bits per heavy atom. The summed E-state index contributed by atoms with van der Waals surface area (Å²) in [6.45, 7) is 19.0. The Hall–Kier alpha value is -2.91. The van der Waals surface area contributed by atoms with Crippen molar-refractivity contribution >= 4 is 29.7 Å². The van der Waals surface area contributed by atoms with Crippen molar-refractivity contribution in [1.29, 1.82) is 0 Å². The monoisotopic (exact) mass is 755 g/mol. The highest BCUT2D eigenvalue weighted by Crippen LogP contribution is 2.76. The number of ether oxygens (including phenoxy) is 1. The summed E-state index contributed by atoms with van der Waals surface area (Å²) in [7, 11) is 0. The van der Waals surface area contributed by atoms with Gasteiger partial charge >= 0.3 is 17.9 Å². The van der Waals surface area contributed by atoms with Crippen molar-refractivity contribution in [2.75, 3.05) is 6.54 Å². The second-order valence-electron chi connectivity index (χ2n) is 20.2. The molecule has 0 radical (unpaired) electrons. The number of unbranched alkanes of at least 4 members (excludes halogenated alkanes) is 2. The van der Waals surface area contributed by atoms with E-state index in [1.807, 2.05) is 0 Å². The summed E-state index contributed by atoms with van der Waals surface area (Å²) < 4.78 is 6.12. The molecule has 0 heterocycles. The molecule has 0 aliphatic heterocycles. The highest BCUT2D eigenvalue weighted by Gasteiger charge is 2.69. The molecule has 5 aliphatic carbocycles. The van der Waals surface area contributed by atoms with Gasteiger partial charge in [-0.3, -0.25) is 24.0 Å². The molecular weight excluding hydrogens is 684 g/mol. The molecule has 0 spiro atoms. The van der Waals surface area contributed by atoms with Crippen LogP contribution in [-0.2, 0) is 28.7 Å². The molecule has 304 valence electrons. The van der Waals surface area contributed by atoms with Gasteiger partial charge in [0.2, 0.25) is 11.8 Å². The SMILES string of the molecule is C[C@H](NC(=O)CCCCCNC(=O)[C@]12CCC(C)(C)C[C@H]1C1=CC[C@@H]3[C@@]4(C)CC[C@H](OC(=O)CCCC(=O)O)C(C)(C)[C@@H]4CC[C@@]3(C)[C@]1(C)CC2)C(=O)O. The third kappa shape index (κ3) is 7.74. The molecule has 0 aromatic heterocycles. The summed E-state index contributed by atoms with van der Waals surface area (Å²) in [5.41, 5.74) is 1.23. The maximum atomic E-state index is 14.4. The largest absolute Gasteiger partial charge is 0.481 e. The van der Waals surface area contributed by atoms with Gasteiger partial charge in [0.05, 0.1) is 5.41 Å². The Balaban J connectivity index is 1.29. The van der Waals surface area contributed by atoms with E-state index in [-0.39, 0.29) is 76.1 Å². The predicted octanol–water partition coefficient (Wildman–Crippen LogP) is 8.22. The van der Waals surface area contributed by atoms with Gasteiger partial charge in [-0.2, -0.15) is 0 Å². The summed E-state index contributed by atoms with van der Waals surface area (Å²) in [5.74, 6) is -1.19. The molecule has 9 atom stereocenters. The molecule has 0 aromatic carbocycles. The minimum Gasteiger partial charge on any atom is -0.481 e. The van der Waals surface area contributed by atoms with Gasteiger partial charge in [-0.15, -0.1) is 0 Å². The van der Waals surface area contributed by atoms with Crippen molar-refractivity contribution in [1.82, 2.24) is 10.6 Å². The maximum absolute atomic E-state index is 14.4. The van der Waals surface area contributed by atoms with Crippen LogP contribution in [0.3, 0.4) is 0 Å². The van der Waals surface area contributed by atoms with Gasteiger partial charge < -0.3 is 25.6 Å². The van der Waals surface area contributed by atoms with Gasteiger partial charge in [-0.05, 0) is 130 Å². The van der Waals surface area contributed by atoms with E-state index < -0.39 is 23.4 Å². The van der Waals surface area contributed by atoms with Crippen LogP contribution in [0.2, 0.25) is 0 Å². The fraction of sp³-hybridized carbons (Fsp3) is 0.841. The van der Waals surface area contributed by atoms with Crippen LogP contribution < -0.4 is 10.6 Å². The normalized spacial score (nSPS) is 36.8. The molecule has 10 heteroatoms. The smallest absolute Gasteiger partial charge is 0.325 e. The van der Waals surface area contributed by atoms with Gasteiger partial charge in [-0.25, -0.2) is 0 Å². The van der Waals surface area contributed by atoms with Crippen molar-refractivity contribution in [3.63, 3.8) is 0 Å². The summed E-state index contributed by atoms with van der Waals surface area (Å²) in [6.07, 6.45) is 15.2. The average Bonchev–Trinajstić information content (AvgIpc) is 3.07. The van der Waals surface area contributed by atoms with Crippen LogP contribution in [0.1, 0.15) is 165 Å². The molecular formula is C44H70N2O8. The zero-order chi connectivity index (χ0) is 39.9. The Morgan fingerprint density at radius 2 is 1.52 bits per heavy atom. The Bertz CT molecular complexity index is 1500. The molecule has 4 saturated carbocycles. The number of amides is 2. The first kappa shape index (κ1) is 42.2. The van der Waals surface area contributed by atoms with E-state index >= 15 is 0 Å². The number of rotatable bonds is 14. The number of carbonyl (C=O) groups is 5. The fourth-order valence-electron chi connectivity index (χ4n) is 12.8. The predicted molar refractivity (Wildman–Crippen MR) is 207 cm³/mol. The van der Waals surface area contributed by atoms with E-state index in [1.165, 1.54) is 12.5 Å².